The molecular weight excluding hydrogens is 623 g/mol. The predicted octanol–water partition coefficient (Wildman–Crippen LogP) is 12.3. The number of allylic oxidation sites excluding steroid dienone is 4. The van der Waals surface area contributed by atoms with Gasteiger partial charge in [0, 0.05) is 27.5 Å². The highest BCUT2D eigenvalue weighted by atomic mass is 16.3. The third kappa shape index (κ3) is 5.12. The highest BCUT2D eigenvalue weighted by molar-refractivity contribution is 6.16. The maximum Gasteiger partial charge on any atom is 0.164 e. The zero-order valence-corrected chi connectivity index (χ0v) is 27.8. The molecule has 0 N–H and O–H groups in total. The van der Waals surface area contributed by atoms with Crippen molar-refractivity contribution in [1.82, 2.24) is 15.0 Å². The molecule has 0 amide bonds. The average molecular weight is 654 g/mol. The van der Waals surface area contributed by atoms with Crippen LogP contribution < -0.4 is 0 Å². The van der Waals surface area contributed by atoms with Crippen molar-refractivity contribution in [3.63, 3.8) is 0 Å². The number of nitrogens with zero attached hydrogens (tertiary/aromatic N) is 3. The zero-order chi connectivity index (χ0) is 33.7. The van der Waals surface area contributed by atoms with Crippen molar-refractivity contribution < 1.29 is 4.42 Å². The van der Waals surface area contributed by atoms with Gasteiger partial charge in [0.2, 0.25) is 0 Å². The second-order valence-electron chi connectivity index (χ2n) is 13.1. The number of furan rings is 1. The van der Waals surface area contributed by atoms with Gasteiger partial charge in [-0.2, -0.15) is 0 Å². The number of hydrogen-bond acceptors (Lipinski definition) is 4. The topological polar surface area (TPSA) is 51.8 Å². The molecule has 7 aromatic carbocycles. The molecular formula is C47H31N3O. The van der Waals surface area contributed by atoms with E-state index in [2.05, 4.69) is 133 Å². The predicted molar refractivity (Wildman–Crippen MR) is 210 cm³/mol. The maximum absolute atomic E-state index is 6.54. The summed E-state index contributed by atoms with van der Waals surface area (Å²) in [6.07, 6.45) is 6.47. The fourth-order valence-electron chi connectivity index (χ4n) is 7.56. The first-order valence-corrected chi connectivity index (χ1v) is 17.4. The lowest BCUT2D eigenvalue weighted by atomic mass is 9.88. The highest BCUT2D eigenvalue weighted by Gasteiger charge is 2.21. The van der Waals surface area contributed by atoms with Crippen LogP contribution in [0.1, 0.15) is 24.0 Å². The van der Waals surface area contributed by atoms with E-state index >= 15 is 0 Å². The molecule has 0 fully saturated rings. The number of rotatable bonds is 5. The minimum absolute atomic E-state index is 0.615. The van der Waals surface area contributed by atoms with Crippen molar-refractivity contribution in [2.24, 2.45) is 0 Å². The van der Waals surface area contributed by atoms with Gasteiger partial charge >= 0.3 is 0 Å². The fraction of sp³-hybridized carbons (Fsp3) is 0.0426. The van der Waals surface area contributed by atoms with Crippen LogP contribution in [-0.2, 0) is 0 Å². The van der Waals surface area contributed by atoms with Crippen molar-refractivity contribution in [2.45, 2.75) is 12.8 Å². The quantitative estimate of drug-likeness (QED) is 0.173. The lowest BCUT2D eigenvalue weighted by molar-refractivity contribution is 0.669. The van der Waals surface area contributed by atoms with E-state index in [-0.39, 0.29) is 0 Å². The van der Waals surface area contributed by atoms with Gasteiger partial charge in [-0.25, -0.2) is 15.0 Å². The van der Waals surface area contributed by atoms with Gasteiger partial charge in [0.15, 0.2) is 17.5 Å². The minimum Gasteiger partial charge on any atom is -0.456 e. The van der Waals surface area contributed by atoms with E-state index in [0.717, 1.165) is 51.5 Å². The first-order valence-electron chi connectivity index (χ1n) is 17.4. The lowest BCUT2D eigenvalue weighted by Gasteiger charge is -2.16. The van der Waals surface area contributed by atoms with E-state index in [9.17, 15) is 0 Å². The first kappa shape index (κ1) is 29.3. The van der Waals surface area contributed by atoms with E-state index in [1.807, 2.05) is 30.3 Å². The molecule has 10 rings (SSSR count). The molecule has 240 valence electrons. The van der Waals surface area contributed by atoms with Gasteiger partial charge in [-0.15, -0.1) is 0 Å². The average Bonchev–Trinajstić information content (AvgIpc) is 3.60. The molecule has 1 aliphatic carbocycles. The van der Waals surface area contributed by atoms with Crippen molar-refractivity contribution >= 4 is 54.6 Å². The monoisotopic (exact) mass is 653 g/mol. The Balaban J connectivity index is 1.18. The molecule has 0 saturated carbocycles. The molecule has 0 unspecified atom stereocenters. The summed E-state index contributed by atoms with van der Waals surface area (Å²) in [4.78, 5) is 15.4. The van der Waals surface area contributed by atoms with Crippen LogP contribution in [0.5, 0.6) is 0 Å². The summed E-state index contributed by atoms with van der Waals surface area (Å²) in [5.41, 5.74) is 9.58. The second-order valence-corrected chi connectivity index (χ2v) is 13.1. The van der Waals surface area contributed by atoms with Crippen LogP contribution in [0.25, 0.3) is 88.8 Å². The normalized spacial score (nSPS) is 13.2. The first-order chi connectivity index (χ1) is 25.3. The van der Waals surface area contributed by atoms with Crippen LogP contribution in [0.3, 0.4) is 0 Å². The Morgan fingerprint density at radius 3 is 1.71 bits per heavy atom. The molecule has 0 bridgehead atoms. The van der Waals surface area contributed by atoms with E-state index in [1.54, 1.807) is 0 Å². The van der Waals surface area contributed by atoms with E-state index in [0.29, 0.717) is 17.5 Å². The van der Waals surface area contributed by atoms with Gasteiger partial charge in [0.1, 0.15) is 11.2 Å². The van der Waals surface area contributed by atoms with Crippen LogP contribution in [0, 0.1) is 0 Å². The van der Waals surface area contributed by atoms with Gasteiger partial charge in [-0.1, -0.05) is 146 Å². The number of benzene rings is 7. The Hall–Kier alpha value is -6.65. The van der Waals surface area contributed by atoms with Gasteiger partial charge in [-0.05, 0) is 74.9 Å². The number of fused-ring (bicyclic) bond motifs is 6. The van der Waals surface area contributed by atoms with E-state index < -0.39 is 0 Å². The van der Waals surface area contributed by atoms with Crippen molar-refractivity contribution in [1.29, 1.82) is 0 Å². The summed E-state index contributed by atoms with van der Waals surface area (Å²) in [5.74, 6) is 1.88. The Morgan fingerprint density at radius 1 is 0.392 bits per heavy atom. The van der Waals surface area contributed by atoms with Crippen molar-refractivity contribution in [3.8, 4) is 34.2 Å². The maximum atomic E-state index is 6.54. The molecule has 0 saturated heterocycles. The molecule has 9 aromatic rings. The van der Waals surface area contributed by atoms with Crippen LogP contribution in [0.4, 0.5) is 0 Å². The third-order valence-electron chi connectivity index (χ3n) is 10.1. The molecule has 51 heavy (non-hydrogen) atoms. The second kappa shape index (κ2) is 12.0. The summed E-state index contributed by atoms with van der Waals surface area (Å²) >= 11 is 0. The zero-order valence-electron chi connectivity index (χ0n) is 27.8. The van der Waals surface area contributed by atoms with Crippen LogP contribution in [0.2, 0.25) is 0 Å². The Morgan fingerprint density at radius 2 is 0.961 bits per heavy atom. The Labute approximate surface area is 295 Å². The summed E-state index contributed by atoms with van der Waals surface area (Å²) in [5, 5.41) is 6.87. The minimum atomic E-state index is 0.615. The standard InChI is InChI=1S/C47H31N3O/c1-3-11-30(12-4-1)31-21-23-33(24-22-31)38-17-9-19-41-43(38)44-39(18-10-20-42(44)51-41)47-49-45(35-14-5-2-6-15-35)48-46(50-47)36-28-27-34-26-25-32-13-7-8-16-37(32)40(34)29-36/h1-21,23,25-29H,22,24H2. The Kier molecular flexibility index (Phi) is 6.91. The van der Waals surface area contributed by atoms with Crippen LogP contribution in [0.15, 0.2) is 168 Å². The van der Waals surface area contributed by atoms with E-state index in [1.165, 1.54) is 43.8 Å². The molecule has 2 aromatic heterocycles. The Bertz CT molecular complexity index is 2850. The van der Waals surface area contributed by atoms with Crippen molar-refractivity contribution in [3.05, 3.63) is 175 Å². The van der Waals surface area contributed by atoms with Gasteiger partial charge < -0.3 is 4.42 Å². The van der Waals surface area contributed by atoms with Crippen molar-refractivity contribution in [2.75, 3.05) is 0 Å². The molecule has 0 atom stereocenters. The largest absolute Gasteiger partial charge is 0.456 e. The molecule has 1 aliphatic rings. The molecule has 0 spiro atoms. The van der Waals surface area contributed by atoms with Gasteiger partial charge in [0.05, 0.1) is 0 Å². The molecule has 4 heteroatoms. The van der Waals surface area contributed by atoms with Gasteiger partial charge in [0.25, 0.3) is 0 Å². The summed E-state index contributed by atoms with van der Waals surface area (Å²) in [6, 6.07) is 52.7. The highest BCUT2D eigenvalue weighted by Crippen LogP contribution is 2.42. The molecule has 2 heterocycles. The SMILES string of the molecule is C1=C(c2ccccc2)CCC(c2cccc3oc4cccc(-c5nc(-c6ccccc6)nc(-c6ccc7ccc8ccccc8c7c6)n5)c4c23)=C1. The van der Waals surface area contributed by atoms with E-state index in [4.69, 9.17) is 19.4 Å². The molecule has 0 aliphatic heterocycles. The van der Waals surface area contributed by atoms with Crippen LogP contribution in [-0.4, -0.2) is 15.0 Å². The van der Waals surface area contributed by atoms with Gasteiger partial charge in [-0.3, -0.25) is 0 Å². The number of hydrogen-bond donors (Lipinski definition) is 0. The summed E-state index contributed by atoms with van der Waals surface area (Å²) in [6.45, 7) is 0. The molecule has 0 radical (unpaired) electrons. The van der Waals surface area contributed by atoms with Crippen LogP contribution >= 0.6 is 0 Å². The fourth-order valence-corrected chi connectivity index (χ4v) is 7.56. The summed E-state index contributed by atoms with van der Waals surface area (Å²) < 4.78 is 6.54. The summed E-state index contributed by atoms with van der Waals surface area (Å²) in [7, 11) is 0. The number of aromatic nitrogens is 3. The smallest absolute Gasteiger partial charge is 0.164 e. The third-order valence-corrected chi connectivity index (χ3v) is 10.1. The molecule has 4 nitrogen and oxygen atoms in total. The lowest BCUT2D eigenvalue weighted by Crippen LogP contribution is -2.00.